The van der Waals surface area contributed by atoms with E-state index < -0.39 is 0 Å². The fourth-order valence-electron chi connectivity index (χ4n) is 2.15. The standard InChI is InChI=1S/C14H19NO3/c1-10(14(17)15-8-12(16)9-15)7-11-3-5-13(18-2)6-4-11/h3-6,10,12,16H,7-9H2,1-2H3. The van der Waals surface area contributed by atoms with Gasteiger partial charge in [-0.1, -0.05) is 19.1 Å². The van der Waals surface area contributed by atoms with Gasteiger partial charge in [0.25, 0.3) is 0 Å². The van der Waals surface area contributed by atoms with Crippen LogP contribution in [0.2, 0.25) is 0 Å². The number of aliphatic hydroxyl groups excluding tert-OH is 1. The van der Waals surface area contributed by atoms with Gasteiger partial charge >= 0.3 is 0 Å². The topological polar surface area (TPSA) is 49.8 Å². The van der Waals surface area contributed by atoms with Crippen LogP contribution < -0.4 is 4.74 Å². The molecule has 1 aliphatic heterocycles. The van der Waals surface area contributed by atoms with Gasteiger partial charge < -0.3 is 14.7 Å². The van der Waals surface area contributed by atoms with Crippen molar-refractivity contribution in [2.45, 2.75) is 19.4 Å². The van der Waals surface area contributed by atoms with E-state index in [-0.39, 0.29) is 17.9 Å². The summed E-state index contributed by atoms with van der Waals surface area (Å²) in [6, 6.07) is 7.76. The first-order valence-corrected chi connectivity index (χ1v) is 6.20. The van der Waals surface area contributed by atoms with E-state index in [0.717, 1.165) is 17.7 Å². The summed E-state index contributed by atoms with van der Waals surface area (Å²) in [5, 5.41) is 9.19. The van der Waals surface area contributed by atoms with Gasteiger partial charge in [0.05, 0.1) is 13.2 Å². The van der Waals surface area contributed by atoms with Crippen molar-refractivity contribution in [1.29, 1.82) is 0 Å². The normalized spacial score (nSPS) is 17.2. The molecule has 0 aliphatic carbocycles. The molecule has 0 saturated carbocycles. The third kappa shape index (κ3) is 2.82. The van der Waals surface area contributed by atoms with Crippen LogP contribution in [0.4, 0.5) is 0 Å². The number of methoxy groups -OCH3 is 1. The van der Waals surface area contributed by atoms with Crippen LogP contribution in [0.3, 0.4) is 0 Å². The number of benzene rings is 1. The number of amides is 1. The van der Waals surface area contributed by atoms with Crippen molar-refractivity contribution in [3.05, 3.63) is 29.8 Å². The molecule has 1 aliphatic rings. The smallest absolute Gasteiger partial charge is 0.225 e. The van der Waals surface area contributed by atoms with Gasteiger partial charge in [-0.3, -0.25) is 4.79 Å². The third-order valence-corrected chi connectivity index (χ3v) is 3.30. The number of carbonyl (C=O) groups excluding carboxylic acids is 1. The highest BCUT2D eigenvalue weighted by Gasteiger charge is 2.31. The van der Waals surface area contributed by atoms with Crippen molar-refractivity contribution >= 4 is 5.91 Å². The Kier molecular flexibility index (Phi) is 3.87. The van der Waals surface area contributed by atoms with Gasteiger partial charge in [0.1, 0.15) is 5.75 Å². The van der Waals surface area contributed by atoms with Gasteiger partial charge in [0, 0.05) is 19.0 Å². The van der Waals surface area contributed by atoms with E-state index in [9.17, 15) is 9.90 Å². The minimum atomic E-state index is -0.331. The third-order valence-electron chi connectivity index (χ3n) is 3.30. The van der Waals surface area contributed by atoms with Gasteiger partial charge in [-0.05, 0) is 24.1 Å². The Morgan fingerprint density at radius 3 is 2.56 bits per heavy atom. The van der Waals surface area contributed by atoms with E-state index in [0.29, 0.717) is 13.1 Å². The molecule has 1 aromatic carbocycles. The molecule has 0 bridgehead atoms. The van der Waals surface area contributed by atoms with E-state index in [1.807, 2.05) is 31.2 Å². The molecule has 0 radical (unpaired) electrons. The molecule has 1 N–H and O–H groups in total. The van der Waals surface area contributed by atoms with Crippen LogP contribution in [-0.4, -0.2) is 42.2 Å². The lowest BCUT2D eigenvalue weighted by atomic mass is 9.98. The Morgan fingerprint density at radius 2 is 2.06 bits per heavy atom. The molecule has 1 fully saturated rings. The number of carbonyl (C=O) groups is 1. The van der Waals surface area contributed by atoms with Crippen LogP contribution in [-0.2, 0) is 11.2 Å². The number of hydrogen-bond acceptors (Lipinski definition) is 3. The highest BCUT2D eigenvalue weighted by Crippen LogP contribution is 2.18. The maximum Gasteiger partial charge on any atom is 0.225 e. The molecule has 0 spiro atoms. The minimum Gasteiger partial charge on any atom is -0.497 e. The summed E-state index contributed by atoms with van der Waals surface area (Å²) in [7, 11) is 1.64. The number of β-amino-alcohol motifs (C(OH)–C–C–N with tert-alkyl or cyclic N) is 1. The quantitative estimate of drug-likeness (QED) is 0.868. The predicted molar refractivity (Wildman–Crippen MR) is 68.4 cm³/mol. The molecule has 0 aromatic heterocycles. The van der Waals surface area contributed by atoms with Crippen LogP contribution in [0.15, 0.2) is 24.3 Å². The second-order valence-electron chi connectivity index (χ2n) is 4.85. The summed E-state index contributed by atoms with van der Waals surface area (Å²) in [6.45, 7) is 2.88. The Bertz CT molecular complexity index is 410. The van der Waals surface area contributed by atoms with E-state index in [1.165, 1.54) is 0 Å². The largest absolute Gasteiger partial charge is 0.497 e. The number of rotatable bonds is 4. The molecule has 1 unspecified atom stereocenters. The van der Waals surface area contributed by atoms with Crippen molar-refractivity contribution in [2.24, 2.45) is 5.92 Å². The van der Waals surface area contributed by atoms with Crippen molar-refractivity contribution in [3.8, 4) is 5.75 Å². The SMILES string of the molecule is COc1ccc(CC(C)C(=O)N2CC(O)C2)cc1. The fraction of sp³-hybridized carbons (Fsp3) is 0.500. The molecule has 1 amide bonds. The van der Waals surface area contributed by atoms with Gasteiger partial charge in [-0.2, -0.15) is 0 Å². The van der Waals surface area contributed by atoms with Crippen LogP contribution in [0.5, 0.6) is 5.75 Å². The minimum absolute atomic E-state index is 0.0501. The Balaban J connectivity index is 1.89. The summed E-state index contributed by atoms with van der Waals surface area (Å²) in [5.41, 5.74) is 1.12. The first-order valence-electron chi connectivity index (χ1n) is 6.20. The van der Waals surface area contributed by atoms with E-state index in [1.54, 1.807) is 12.0 Å². The summed E-state index contributed by atoms with van der Waals surface area (Å²) in [5.74, 6) is 0.894. The number of nitrogens with zero attached hydrogens (tertiary/aromatic N) is 1. The average Bonchev–Trinajstić information content (AvgIpc) is 2.35. The first kappa shape index (κ1) is 12.9. The molecule has 18 heavy (non-hydrogen) atoms. The molecule has 1 heterocycles. The van der Waals surface area contributed by atoms with Crippen molar-refractivity contribution in [1.82, 2.24) is 4.90 Å². The summed E-state index contributed by atoms with van der Waals surface area (Å²) < 4.78 is 5.10. The predicted octanol–water partition coefficient (Wildman–Crippen LogP) is 1.08. The van der Waals surface area contributed by atoms with Gasteiger partial charge in [0.15, 0.2) is 0 Å². The molecular formula is C14H19NO3. The lowest BCUT2D eigenvalue weighted by Crippen LogP contribution is -2.55. The zero-order chi connectivity index (χ0) is 13.1. The molecule has 4 nitrogen and oxygen atoms in total. The van der Waals surface area contributed by atoms with E-state index in [4.69, 9.17) is 4.74 Å². The molecule has 1 saturated heterocycles. The van der Waals surface area contributed by atoms with Crippen molar-refractivity contribution < 1.29 is 14.6 Å². The highest BCUT2D eigenvalue weighted by molar-refractivity contribution is 5.79. The van der Waals surface area contributed by atoms with E-state index in [2.05, 4.69) is 0 Å². The van der Waals surface area contributed by atoms with Gasteiger partial charge in [-0.15, -0.1) is 0 Å². The van der Waals surface area contributed by atoms with Crippen LogP contribution in [0, 0.1) is 5.92 Å². The molecule has 98 valence electrons. The first-order chi connectivity index (χ1) is 8.60. The van der Waals surface area contributed by atoms with Crippen LogP contribution >= 0.6 is 0 Å². The molecule has 4 heteroatoms. The van der Waals surface area contributed by atoms with Crippen molar-refractivity contribution in [2.75, 3.05) is 20.2 Å². The number of ether oxygens (including phenoxy) is 1. The second kappa shape index (κ2) is 5.40. The molecule has 1 atom stereocenters. The summed E-state index contributed by atoms with van der Waals surface area (Å²) >= 11 is 0. The van der Waals surface area contributed by atoms with E-state index >= 15 is 0 Å². The lowest BCUT2D eigenvalue weighted by molar-refractivity contribution is -0.145. The van der Waals surface area contributed by atoms with Gasteiger partial charge in [-0.25, -0.2) is 0 Å². The number of aliphatic hydroxyl groups is 1. The maximum atomic E-state index is 12.0. The summed E-state index contributed by atoms with van der Waals surface area (Å²) in [6.07, 6.45) is 0.386. The Labute approximate surface area is 107 Å². The monoisotopic (exact) mass is 249 g/mol. The van der Waals surface area contributed by atoms with Gasteiger partial charge in [0.2, 0.25) is 5.91 Å². The second-order valence-corrected chi connectivity index (χ2v) is 4.85. The number of hydrogen-bond donors (Lipinski definition) is 1. The summed E-state index contributed by atoms with van der Waals surface area (Å²) in [4.78, 5) is 13.7. The molecular weight excluding hydrogens is 230 g/mol. The van der Waals surface area contributed by atoms with Crippen LogP contribution in [0.1, 0.15) is 12.5 Å². The molecule has 1 aromatic rings. The Morgan fingerprint density at radius 1 is 1.44 bits per heavy atom. The lowest BCUT2D eigenvalue weighted by Gasteiger charge is -2.37. The Hall–Kier alpha value is -1.55. The van der Waals surface area contributed by atoms with Crippen molar-refractivity contribution in [3.63, 3.8) is 0 Å². The molecule has 2 rings (SSSR count). The van der Waals surface area contributed by atoms with Crippen LogP contribution in [0.25, 0.3) is 0 Å². The average molecular weight is 249 g/mol. The fourth-order valence-corrected chi connectivity index (χ4v) is 2.15. The zero-order valence-corrected chi connectivity index (χ0v) is 10.8. The highest BCUT2D eigenvalue weighted by atomic mass is 16.5. The zero-order valence-electron chi connectivity index (χ0n) is 10.8. The maximum absolute atomic E-state index is 12.0. The number of likely N-dealkylation sites (tertiary alicyclic amines) is 1.